The van der Waals surface area contributed by atoms with Crippen molar-refractivity contribution < 1.29 is 4.39 Å². The molecule has 88 valence electrons. The first-order valence-electron chi connectivity index (χ1n) is 5.69. The summed E-state index contributed by atoms with van der Waals surface area (Å²) in [6, 6.07) is 10.7. The quantitative estimate of drug-likeness (QED) is 0.772. The molecule has 0 atom stereocenters. The molecule has 0 aliphatic rings. The molecule has 0 bridgehead atoms. The molecule has 0 spiro atoms. The minimum absolute atomic E-state index is 0.210. The zero-order valence-corrected chi connectivity index (χ0v) is 12.5. The first kappa shape index (κ1) is 12.3. The number of hydrogen-bond donors (Lipinski definition) is 0. The molecule has 0 unspecified atom stereocenters. The summed E-state index contributed by atoms with van der Waals surface area (Å²) in [5.41, 5.74) is 1.91. The Balaban J connectivity index is 2.43. The van der Waals surface area contributed by atoms with Gasteiger partial charge >= 0.3 is 104 Å². The second kappa shape index (κ2) is 4.61. The molecule has 0 fully saturated rings. The van der Waals surface area contributed by atoms with E-state index in [1.165, 1.54) is 16.5 Å². The van der Waals surface area contributed by atoms with E-state index in [9.17, 15) is 4.39 Å². The van der Waals surface area contributed by atoms with Gasteiger partial charge in [0, 0.05) is 0 Å². The molecule has 0 radical (unpaired) electrons. The van der Waals surface area contributed by atoms with E-state index >= 15 is 0 Å². The number of benzene rings is 1. The second-order valence-electron chi connectivity index (χ2n) is 5.19. The van der Waals surface area contributed by atoms with Gasteiger partial charge in [0.25, 0.3) is 0 Å². The SMILES string of the molecule is [CH3][Ge]([CH3])([CH3])[c]1ccnc(-c2ccc(F)cc2)c1. The molecule has 0 saturated heterocycles. The zero-order valence-electron chi connectivity index (χ0n) is 10.4. The predicted octanol–water partition coefficient (Wildman–Crippen LogP) is 3.43. The maximum absolute atomic E-state index is 12.9. The van der Waals surface area contributed by atoms with E-state index in [-0.39, 0.29) is 5.82 Å². The van der Waals surface area contributed by atoms with Crippen molar-refractivity contribution in [3.8, 4) is 11.3 Å². The Bertz CT molecular complexity index is 514. The van der Waals surface area contributed by atoms with Crippen LogP contribution >= 0.6 is 0 Å². The van der Waals surface area contributed by atoms with E-state index in [2.05, 4.69) is 34.4 Å². The van der Waals surface area contributed by atoms with Crippen LogP contribution in [0.5, 0.6) is 0 Å². The normalized spacial score (nSPS) is 11.5. The summed E-state index contributed by atoms with van der Waals surface area (Å²) in [7, 11) is 0. The van der Waals surface area contributed by atoms with Crippen molar-refractivity contribution in [2.75, 3.05) is 0 Å². The van der Waals surface area contributed by atoms with Crippen LogP contribution in [0.4, 0.5) is 4.39 Å². The number of nitrogens with zero attached hydrogens (tertiary/aromatic N) is 1. The van der Waals surface area contributed by atoms with E-state index in [0.29, 0.717) is 0 Å². The molecule has 0 N–H and O–H groups in total. The third kappa shape index (κ3) is 2.94. The van der Waals surface area contributed by atoms with Gasteiger partial charge in [0.2, 0.25) is 0 Å². The van der Waals surface area contributed by atoms with Gasteiger partial charge in [0.05, 0.1) is 0 Å². The Kier molecular flexibility index (Phi) is 3.34. The Morgan fingerprint density at radius 2 is 1.65 bits per heavy atom. The maximum atomic E-state index is 12.9. The summed E-state index contributed by atoms with van der Waals surface area (Å²) in [4.78, 5) is 4.36. The van der Waals surface area contributed by atoms with E-state index in [1.54, 1.807) is 12.1 Å². The third-order valence-corrected chi connectivity index (χ3v) is 7.05. The molecular weight excluding hydrogens is 274 g/mol. The van der Waals surface area contributed by atoms with Crippen LogP contribution in [0.25, 0.3) is 11.3 Å². The molecule has 0 amide bonds. The zero-order chi connectivity index (χ0) is 12.5. The first-order valence-corrected chi connectivity index (χ1v) is 13.0. The molecule has 3 heteroatoms. The number of hydrogen-bond acceptors (Lipinski definition) is 1. The fourth-order valence-electron chi connectivity index (χ4n) is 1.68. The van der Waals surface area contributed by atoms with Gasteiger partial charge in [0.1, 0.15) is 0 Å². The fourth-order valence-corrected chi connectivity index (χ4v) is 4.08. The fraction of sp³-hybridized carbons (Fsp3) is 0.214. The van der Waals surface area contributed by atoms with Crippen LogP contribution in [0.3, 0.4) is 0 Å². The van der Waals surface area contributed by atoms with Crippen LogP contribution in [0.2, 0.25) is 17.3 Å². The van der Waals surface area contributed by atoms with Crippen LogP contribution < -0.4 is 4.40 Å². The van der Waals surface area contributed by atoms with E-state index in [4.69, 9.17) is 0 Å². The van der Waals surface area contributed by atoms with Crippen LogP contribution in [-0.2, 0) is 0 Å². The van der Waals surface area contributed by atoms with Crippen LogP contribution in [0, 0.1) is 5.82 Å². The summed E-state index contributed by atoms with van der Waals surface area (Å²) >= 11 is -1.82. The van der Waals surface area contributed by atoms with Gasteiger partial charge in [-0.15, -0.1) is 0 Å². The van der Waals surface area contributed by atoms with E-state index < -0.39 is 13.3 Å². The molecule has 17 heavy (non-hydrogen) atoms. The van der Waals surface area contributed by atoms with Crippen LogP contribution in [0.15, 0.2) is 42.6 Å². The summed E-state index contributed by atoms with van der Waals surface area (Å²) in [6.07, 6.45) is 1.85. The van der Waals surface area contributed by atoms with Crippen molar-refractivity contribution in [1.29, 1.82) is 0 Å². The van der Waals surface area contributed by atoms with Crippen molar-refractivity contribution in [3.63, 3.8) is 0 Å². The Morgan fingerprint density at radius 1 is 1.00 bits per heavy atom. The molecule has 1 aromatic carbocycles. The van der Waals surface area contributed by atoms with Crippen LogP contribution in [-0.4, -0.2) is 18.3 Å². The van der Waals surface area contributed by atoms with Gasteiger partial charge in [-0.1, -0.05) is 0 Å². The number of pyridine rings is 1. The Labute approximate surface area is 104 Å². The number of aromatic nitrogens is 1. The molecule has 0 saturated carbocycles. The van der Waals surface area contributed by atoms with Crippen molar-refractivity contribution in [3.05, 3.63) is 48.4 Å². The van der Waals surface area contributed by atoms with Gasteiger partial charge < -0.3 is 0 Å². The first-order chi connectivity index (χ1) is 7.97. The second-order valence-corrected chi connectivity index (χ2v) is 15.8. The topological polar surface area (TPSA) is 12.9 Å². The Morgan fingerprint density at radius 3 is 2.24 bits per heavy atom. The standard InChI is InChI=1S/C14H16FGeN/c1-16(2,3)13-8-9-17-14(10-13)11-4-6-12(15)7-5-11/h4-10H,1-3H3. The van der Waals surface area contributed by atoms with E-state index in [0.717, 1.165) is 11.3 Å². The molecule has 1 heterocycles. The van der Waals surface area contributed by atoms with Crippen molar-refractivity contribution >= 4 is 17.7 Å². The van der Waals surface area contributed by atoms with Gasteiger partial charge in [-0.2, -0.15) is 0 Å². The monoisotopic (exact) mass is 291 g/mol. The van der Waals surface area contributed by atoms with Crippen molar-refractivity contribution in [2.45, 2.75) is 17.3 Å². The minimum atomic E-state index is -1.82. The third-order valence-electron chi connectivity index (χ3n) is 2.77. The Hall–Kier alpha value is -1.16. The summed E-state index contributed by atoms with van der Waals surface area (Å²) in [5, 5.41) is 0. The van der Waals surface area contributed by atoms with Gasteiger partial charge in [-0.25, -0.2) is 0 Å². The average Bonchev–Trinajstić information content (AvgIpc) is 2.29. The van der Waals surface area contributed by atoms with Gasteiger partial charge in [-0.3, -0.25) is 0 Å². The van der Waals surface area contributed by atoms with Gasteiger partial charge in [0.15, 0.2) is 0 Å². The molecule has 0 aliphatic carbocycles. The van der Waals surface area contributed by atoms with Crippen molar-refractivity contribution in [1.82, 2.24) is 4.98 Å². The molecule has 1 aromatic heterocycles. The molecule has 1 nitrogen and oxygen atoms in total. The van der Waals surface area contributed by atoms with Crippen molar-refractivity contribution in [2.24, 2.45) is 0 Å². The summed E-state index contributed by atoms with van der Waals surface area (Å²) in [6.45, 7) is 0. The van der Waals surface area contributed by atoms with E-state index in [1.807, 2.05) is 6.20 Å². The van der Waals surface area contributed by atoms with Crippen LogP contribution in [0.1, 0.15) is 0 Å². The predicted molar refractivity (Wildman–Crippen MR) is 72.6 cm³/mol. The molecule has 2 rings (SSSR count). The number of halogens is 1. The van der Waals surface area contributed by atoms with Gasteiger partial charge in [-0.05, 0) is 0 Å². The summed E-state index contributed by atoms with van der Waals surface area (Å²) < 4.78 is 14.3. The average molecular weight is 290 g/mol. The molecular formula is C14H16FGeN. The summed E-state index contributed by atoms with van der Waals surface area (Å²) in [5.74, 6) is 6.84. The number of rotatable bonds is 2. The molecule has 2 aromatic rings. The molecule has 0 aliphatic heterocycles.